The number of alkyl halides is 1. The summed E-state index contributed by atoms with van der Waals surface area (Å²) in [6.45, 7) is 5.12. The van der Waals surface area contributed by atoms with Gasteiger partial charge in [0.25, 0.3) is 0 Å². The molecule has 0 aliphatic carbocycles. The maximum atomic E-state index is 6.10. The first-order valence-electron chi connectivity index (χ1n) is 7.72. The summed E-state index contributed by atoms with van der Waals surface area (Å²) in [6.07, 6.45) is 0. The summed E-state index contributed by atoms with van der Waals surface area (Å²) >= 11 is 16.0. The fourth-order valence-corrected chi connectivity index (χ4v) is 4.01. The fourth-order valence-electron chi connectivity index (χ4n) is 2.91. The predicted octanol–water partition coefficient (Wildman–Crippen LogP) is 5.20. The summed E-state index contributed by atoms with van der Waals surface area (Å²) in [5, 5.41) is 1.59. The van der Waals surface area contributed by atoms with Crippen LogP contribution < -0.4 is 0 Å². The van der Waals surface area contributed by atoms with E-state index in [2.05, 4.69) is 37.9 Å². The van der Waals surface area contributed by atoms with Gasteiger partial charge in [0.1, 0.15) is 0 Å². The molecule has 0 N–H and O–H groups in total. The van der Waals surface area contributed by atoms with Crippen molar-refractivity contribution in [2.24, 2.45) is 0 Å². The average molecular weight is 414 g/mol. The maximum Gasteiger partial charge on any atom is 0.0913 e. The number of hydrogen-bond donors (Lipinski definition) is 0. The van der Waals surface area contributed by atoms with Gasteiger partial charge >= 0.3 is 0 Å². The minimum absolute atomic E-state index is 0.217. The normalized spacial score (nSPS) is 18.0. The van der Waals surface area contributed by atoms with Crippen LogP contribution in [0.15, 0.2) is 48.5 Å². The van der Waals surface area contributed by atoms with Gasteiger partial charge in [0.2, 0.25) is 0 Å². The minimum atomic E-state index is 0.217. The van der Waals surface area contributed by atoms with Crippen LogP contribution in [0.3, 0.4) is 0 Å². The lowest BCUT2D eigenvalue weighted by atomic mass is 10.1. The van der Waals surface area contributed by atoms with Crippen molar-refractivity contribution in [3.8, 4) is 0 Å². The van der Waals surface area contributed by atoms with Gasteiger partial charge in [-0.3, -0.25) is 9.80 Å². The van der Waals surface area contributed by atoms with Crippen LogP contribution in [0.1, 0.15) is 16.1 Å². The van der Waals surface area contributed by atoms with E-state index >= 15 is 0 Å². The van der Waals surface area contributed by atoms with Crippen molar-refractivity contribution in [3.05, 3.63) is 69.7 Å². The van der Waals surface area contributed by atoms with Crippen molar-refractivity contribution < 1.29 is 0 Å². The van der Waals surface area contributed by atoms with E-state index in [9.17, 15) is 0 Å². The zero-order valence-corrected chi connectivity index (χ0v) is 15.9. The van der Waals surface area contributed by atoms with Crippen molar-refractivity contribution in [3.63, 3.8) is 0 Å². The Hall–Kier alpha value is -0.580. The van der Waals surface area contributed by atoms with Crippen molar-refractivity contribution in [1.82, 2.24) is 9.80 Å². The summed E-state index contributed by atoms with van der Waals surface area (Å²) in [5.74, 6) is 0. The fraction of sp³-hybridized carbons (Fsp3) is 0.333. The number of piperazine rings is 1. The quantitative estimate of drug-likeness (QED) is 0.501. The SMILES string of the molecule is Clc1cccc(CN2CCN(C(Br)c3cccc(Cl)c3)CC2)c1. The van der Waals surface area contributed by atoms with Crippen molar-refractivity contribution >= 4 is 39.1 Å². The monoisotopic (exact) mass is 412 g/mol. The van der Waals surface area contributed by atoms with Crippen LogP contribution in [0.4, 0.5) is 0 Å². The average Bonchev–Trinajstić information content (AvgIpc) is 2.55. The standard InChI is InChI=1S/C18H19BrCl2N2/c19-18(15-4-2-6-17(21)12-15)23-9-7-22(8-10-23)13-14-3-1-5-16(20)11-14/h1-6,11-12,18H,7-10,13H2. The lowest BCUT2D eigenvalue weighted by Crippen LogP contribution is -2.46. The predicted molar refractivity (Wildman–Crippen MR) is 101 cm³/mol. The van der Waals surface area contributed by atoms with Gasteiger partial charge in [0.05, 0.1) is 4.95 Å². The van der Waals surface area contributed by atoms with Gasteiger partial charge in [-0.25, -0.2) is 0 Å². The Morgan fingerprint density at radius 2 is 1.57 bits per heavy atom. The topological polar surface area (TPSA) is 6.48 Å². The molecule has 1 fully saturated rings. The summed E-state index contributed by atoms with van der Waals surface area (Å²) < 4.78 is 0. The molecule has 122 valence electrons. The van der Waals surface area contributed by atoms with Crippen molar-refractivity contribution in [2.75, 3.05) is 26.2 Å². The van der Waals surface area contributed by atoms with E-state index in [1.54, 1.807) is 0 Å². The highest BCUT2D eigenvalue weighted by molar-refractivity contribution is 9.09. The first kappa shape index (κ1) is 17.2. The molecule has 5 heteroatoms. The van der Waals surface area contributed by atoms with Gasteiger partial charge in [-0.1, -0.05) is 63.4 Å². The summed E-state index contributed by atoms with van der Waals surface area (Å²) in [4.78, 5) is 5.13. The molecule has 1 heterocycles. The molecule has 0 spiro atoms. The van der Waals surface area contributed by atoms with Gasteiger partial charge in [-0.15, -0.1) is 0 Å². The third kappa shape index (κ3) is 4.71. The Morgan fingerprint density at radius 3 is 2.22 bits per heavy atom. The highest BCUT2D eigenvalue weighted by atomic mass is 79.9. The zero-order valence-electron chi connectivity index (χ0n) is 12.8. The van der Waals surface area contributed by atoms with E-state index in [1.165, 1.54) is 11.1 Å². The van der Waals surface area contributed by atoms with Gasteiger partial charge in [-0.05, 0) is 35.4 Å². The molecule has 1 saturated heterocycles. The third-order valence-electron chi connectivity index (χ3n) is 4.15. The van der Waals surface area contributed by atoms with E-state index in [1.807, 2.05) is 36.4 Å². The van der Waals surface area contributed by atoms with E-state index < -0.39 is 0 Å². The highest BCUT2D eigenvalue weighted by Crippen LogP contribution is 2.29. The van der Waals surface area contributed by atoms with Crippen LogP contribution in [-0.4, -0.2) is 36.0 Å². The van der Waals surface area contributed by atoms with Crippen LogP contribution >= 0.6 is 39.1 Å². The van der Waals surface area contributed by atoms with Crippen LogP contribution in [-0.2, 0) is 6.54 Å². The van der Waals surface area contributed by atoms with Gasteiger partial charge < -0.3 is 0 Å². The van der Waals surface area contributed by atoms with E-state index in [4.69, 9.17) is 23.2 Å². The minimum Gasteiger partial charge on any atom is -0.297 e. The molecule has 1 aliphatic rings. The molecule has 2 nitrogen and oxygen atoms in total. The molecule has 3 rings (SSSR count). The largest absolute Gasteiger partial charge is 0.297 e. The molecule has 0 amide bonds. The number of nitrogens with zero attached hydrogens (tertiary/aromatic N) is 2. The molecular formula is C18H19BrCl2N2. The molecule has 1 unspecified atom stereocenters. The molecule has 0 bridgehead atoms. The van der Waals surface area contributed by atoms with E-state index in [0.29, 0.717) is 0 Å². The van der Waals surface area contributed by atoms with E-state index in [-0.39, 0.29) is 4.95 Å². The lowest BCUT2D eigenvalue weighted by Gasteiger charge is -2.37. The molecule has 23 heavy (non-hydrogen) atoms. The number of halogens is 3. The second-order valence-corrected chi connectivity index (χ2v) is 7.57. The Bertz CT molecular complexity index is 657. The third-order valence-corrected chi connectivity index (χ3v) is 5.72. The smallest absolute Gasteiger partial charge is 0.0913 e. The maximum absolute atomic E-state index is 6.10. The Balaban J connectivity index is 1.56. The Kier molecular flexibility index (Phi) is 6.00. The lowest BCUT2D eigenvalue weighted by molar-refractivity contribution is 0.121. The van der Waals surface area contributed by atoms with Gasteiger partial charge in [-0.2, -0.15) is 0 Å². The van der Waals surface area contributed by atoms with Crippen LogP contribution in [0, 0.1) is 0 Å². The molecule has 2 aromatic rings. The number of rotatable bonds is 4. The van der Waals surface area contributed by atoms with Crippen LogP contribution in [0.5, 0.6) is 0 Å². The number of benzene rings is 2. The second kappa shape index (κ2) is 8.00. The van der Waals surface area contributed by atoms with Crippen molar-refractivity contribution in [2.45, 2.75) is 11.5 Å². The van der Waals surface area contributed by atoms with Crippen LogP contribution in [0.25, 0.3) is 0 Å². The molecule has 1 atom stereocenters. The van der Waals surface area contributed by atoms with Crippen molar-refractivity contribution in [1.29, 1.82) is 0 Å². The van der Waals surface area contributed by atoms with Gasteiger partial charge in [0, 0.05) is 42.8 Å². The summed E-state index contributed by atoms with van der Waals surface area (Å²) in [7, 11) is 0. The zero-order chi connectivity index (χ0) is 16.2. The first-order valence-corrected chi connectivity index (χ1v) is 9.39. The second-order valence-electron chi connectivity index (χ2n) is 5.83. The molecule has 0 aromatic heterocycles. The highest BCUT2D eigenvalue weighted by Gasteiger charge is 2.23. The molecule has 2 aromatic carbocycles. The van der Waals surface area contributed by atoms with E-state index in [0.717, 1.165) is 42.8 Å². The summed E-state index contributed by atoms with van der Waals surface area (Å²) in [5.41, 5.74) is 2.48. The molecule has 0 saturated carbocycles. The van der Waals surface area contributed by atoms with Crippen LogP contribution in [0.2, 0.25) is 10.0 Å². The first-order chi connectivity index (χ1) is 11.1. The summed E-state index contributed by atoms with van der Waals surface area (Å²) in [6, 6.07) is 16.2. The molecular weight excluding hydrogens is 395 g/mol. The molecule has 0 radical (unpaired) electrons. The Labute approximate surface area is 156 Å². The molecule has 1 aliphatic heterocycles. The Morgan fingerprint density at radius 1 is 0.913 bits per heavy atom. The number of hydrogen-bond acceptors (Lipinski definition) is 2. The van der Waals surface area contributed by atoms with Gasteiger partial charge in [0.15, 0.2) is 0 Å².